The summed E-state index contributed by atoms with van der Waals surface area (Å²) in [6.07, 6.45) is 0.832. The molecule has 0 saturated carbocycles. The van der Waals surface area contributed by atoms with Gasteiger partial charge in [0.2, 0.25) is 6.79 Å². The Bertz CT molecular complexity index is 1370. The fourth-order valence-corrected chi connectivity index (χ4v) is 4.39. The summed E-state index contributed by atoms with van der Waals surface area (Å²) in [5.41, 5.74) is 6.58. The molecule has 0 bridgehead atoms. The summed E-state index contributed by atoms with van der Waals surface area (Å²) in [6, 6.07) is 13.0. The summed E-state index contributed by atoms with van der Waals surface area (Å²) < 4.78 is 21.5. The van der Waals surface area contributed by atoms with Crippen molar-refractivity contribution in [1.82, 2.24) is 10.3 Å². The molecule has 3 aromatic rings. The molecule has 0 saturated heterocycles. The molecule has 2 atom stereocenters. The molecule has 1 heterocycles. The number of ether oxygens (including phenoxy) is 4. The SMILES string of the molecule is COc1ccnc(C(=O)N[C@@H](C)C(=O)O[C@@H](C)C(c2ccc(C)c(C)c2)c2ccc(C)c(C)c2)c1OCOC(C)=O. The predicted octanol–water partition coefficient (Wildman–Crippen LogP) is 5.11. The van der Waals surface area contributed by atoms with Crippen molar-refractivity contribution in [1.29, 1.82) is 0 Å². The third kappa shape index (κ3) is 7.84. The summed E-state index contributed by atoms with van der Waals surface area (Å²) >= 11 is 0. The lowest BCUT2D eigenvalue weighted by Gasteiger charge is -2.27. The van der Waals surface area contributed by atoms with Crippen LogP contribution in [0.3, 0.4) is 0 Å². The van der Waals surface area contributed by atoms with Crippen LogP contribution in [0.5, 0.6) is 11.5 Å². The molecule has 0 unspecified atom stereocenters. The van der Waals surface area contributed by atoms with Crippen molar-refractivity contribution in [3.8, 4) is 11.5 Å². The van der Waals surface area contributed by atoms with Gasteiger partial charge in [0.05, 0.1) is 7.11 Å². The number of nitrogens with one attached hydrogen (secondary N) is 1. The summed E-state index contributed by atoms with van der Waals surface area (Å²) in [5.74, 6) is -1.86. The Labute approximate surface area is 241 Å². The van der Waals surface area contributed by atoms with Crippen molar-refractivity contribution >= 4 is 17.8 Å². The molecule has 1 aromatic heterocycles. The molecule has 0 aliphatic carbocycles. The van der Waals surface area contributed by atoms with Crippen LogP contribution in [-0.2, 0) is 19.1 Å². The van der Waals surface area contributed by atoms with E-state index in [1.54, 1.807) is 0 Å². The van der Waals surface area contributed by atoms with Crippen molar-refractivity contribution in [3.63, 3.8) is 0 Å². The van der Waals surface area contributed by atoms with Gasteiger partial charge in [-0.15, -0.1) is 0 Å². The average Bonchev–Trinajstić information content (AvgIpc) is 2.92. The fourth-order valence-electron chi connectivity index (χ4n) is 4.39. The Morgan fingerprint density at radius 1 is 0.878 bits per heavy atom. The monoisotopic (exact) mass is 562 g/mol. The van der Waals surface area contributed by atoms with E-state index in [1.807, 2.05) is 6.92 Å². The van der Waals surface area contributed by atoms with Gasteiger partial charge in [-0.2, -0.15) is 0 Å². The van der Waals surface area contributed by atoms with E-state index in [2.05, 4.69) is 74.4 Å². The van der Waals surface area contributed by atoms with Crippen molar-refractivity contribution in [2.24, 2.45) is 0 Å². The van der Waals surface area contributed by atoms with E-state index in [0.717, 1.165) is 22.3 Å². The number of hydrogen-bond donors (Lipinski definition) is 1. The zero-order chi connectivity index (χ0) is 30.3. The van der Waals surface area contributed by atoms with Crippen LogP contribution in [0.1, 0.15) is 70.6 Å². The Kier molecular flexibility index (Phi) is 10.5. The van der Waals surface area contributed by atoms with E-state index in [4.69, 9.17) is 18.9 Å². The van der Waals surface area contributed by atoms with Gasteiger partial charge in [0.25, 0.3) is 5.91 Å². The maximum atomic E-state index is 13.2. The topological polar surface area (TPSA) is 113 Å². The minimum atomic E-state index is -1.00. The molecule has 1 N–H and O–H groups in total. The zero-order valence-corrected chi connectivity index (χ0v) is 24.9. The first kappa shape index (κ1) is 31.1. The molecule has 0 aliphatic rings. The molecule has 0 aliphatic heterocycles. The van der Waals surface area contributed by atoms with E-state index >= 15 is 0 Å². The van der Waals surface area contributed by atoms with E-state index in [-0.39, 0.29) is 23.1 Å². The van der Waals surface area contributed by atoms with Gasteiger partial charge in [0, 0.05) is 25.1 Å². The molecule has 0 spiro atoms. The zero-order valence-electron chi connectivity index (χ0n) is 24.9. The lowest BCUT2D eigenvalue weighted by molar-refractivity contribution is -0.151. The molecule has 9 heteroatoms. The van der Waals surface area contributed by atoms with E-state index in [0.29, 0.717) is 0 Å². The van der Waals surface area contributed by atoms with Crippen molar-refractivity contribution in [2.45, 2.75) is 66.5 Å². The number of carbonyl (C=O) groups excluding carboxylic acids is 3. The lowest BCUT2D eigenvalue weighted by atomic mass is 9.84. The largest absolute Gasteiger partial charge is 0.493 e. The number of nitrogens with zero attached hydrogens (tertiary/aromatic N) is 1. The number of aromatic nitrogens is 1. The number of methoxy groups -OCH3 is 1. The van der Waals surface area contributed by atoms with Gasteiger partial charge in [0.15, 0.2) is 17.2 Å². The van der Waals surface area contributed by atoms with Crippen molar-refractivity contribution in [2.75, 3.05) is 13.9 Å². The Morgan fingerprint density at radius 3 is 1.98 bits per heavy atom. The molecular weight excluding hydrogens is 524 g/mol. The number of hydrogen-bond acceptors (Lipinski definition) is 8. The van der Waals surface area contributed by atoms with Crippen LogP contribution in [0.25, 0.3) is 0 Å². The van der Waals surface area contributed by atoms with Crippen LogP contribution in [0, 0.1) is 27.7 Å². The Morgan fingerprint density at radius 2 is 1.46 bits per heavy atom. The van der Waals surface area contributed by atoms with Crippen LogP contribution < -0.4 is 14.8 Å². The maximum Gasteiger partial charge on any atom is 0.328 e. The minimum Gasteiger partial charge on any atom is -0.493 e. The van der Waals surface area contributed by atoms with E-state index in [9.17, 15) is 14.4 Å². The number of rotatable bonds is 11. The second-order valence-electron chi connectivity index (χ2n) is 10.1. The molecule has 9 nitrogen and oxygen atoms in total. The Balaban J connectivity index is 1.80. The second kappa shape index (κ2) is 13.8. The maximum absolute atomic E-state index is 13.2. The fraction of sp³-hybridized carbons (Fsp3) is 0.375. The number of pyridine rings is 1. The van der Waals surface area contributed by atoms with Crippen molar-refractivity contribution in [3.05, 3.63) is 87.7 Å². The first-order chi connectivity index (χ1) is 19.4. The molecule has 0 fully saturated rings. The molecule has 3 rings (SSSR count). The molecule has 0 radical (unpaired) electrons. The minimum absolute atomic E-state index is 0.0211. The molecule has 2 aromatic carbocycles. The van der Waals surface area contributed by atoms with Crippen LogP contribution >= 0.6 is 0 Å². The van der Waals surface area contributed by atoms with Crippen LogP contribution in [0.15, 0.2) is 48.7 Å². The smallest absolute Gasteiger partial charge is 0.328 e. The van der Waals surface area contributed by atoms with Gasteiger partial charge in [-0.25, -0.2) is 9.78 Å². The number of amides is 1. The van der Waals surface area contributed by atoms with Gasteiger partial charge in [0.1, 0.15) is 12.1 Å². The summed E-state index contributed by atoms with van der Waals surface area (Å²) in [5, 5.41) is 2.62. The third-order valence-electron chi connectivity index (χ3n) is 7.02. The Hall–Kier alpha value is -4.40. The van der Waals surface area contributed by atoms with Crippen molar-refractivity contribution < 1.29 is 33.3 Å². The van der Waals surface area contributed by atoms with Crippen LogP contribution in [0.2, 0.25) is 0 Å². The van der Waals surface area contributed by atoms with Gasteiger partial charge in [-0.3, -0.25) is 9.59 Å². The summed E-state index contributed by atoms with van der Waals surface area (Å²) in [4.78, 5) is 41.6. The number of aryl methyl sites for hydroxylation is 4. The summed E-state index contributed by atoms with van der Waals surface area (Å²) in [7, 11) is 1.40. The lowest BCUT2D eigenvalue weighted by Crippen LogP contribution is -2.41. The van der Waals surface area contributed by atoms with Gasteiger partial charge < -0.3 is 24.3 Å². The molecule has 41 heavy (non-hydrogen) atoms. The first-order valence-electron chi connectivity index (χ1n) is 13.4. The van der Waals surface area contributed by atoms with E-state index < -0.39 is 36.8 Å². The van der Waals surface area contributed by atoms with Crippen LogP contribution in [-0.4, -0.2) is 48.9 Å². The first-order valence-corrected chi connectivity index (χ1v) is 13.4. The standard InChI is InChI=1S/C32H38N2O7/c1-18-9-11-25(15-20(18)3)28(26-12-10-19(2)21(4)16-26)23(6)41-32(37)22(5)34-31(36)29-30(40-17-39-24(7)35)27(38-8)13-14-33-29/h9-16,22-23,28H,17H2,1-8H3,(H,34,36)/t22-,23-/m0/s1. The number of benzene rings is 2. The van der Waals surface area contributed by atoms with Gasteiger partial charge >= 0.3 is 11.9 Å². The summed E-state index contributed by atoms with van der Waals surface area (Å²) in [6.45, 7) is 12.4. The normalized spacial score (nSPS) is 12.3. The van der Waals surface area contributed by atoms with Gasteiger partial charge in [-0.05, 0) is 74.9 Å². The molecular formula is C32H38N2O7. The van der Waals surface area contributed by atoms with E-state index in [1.165, 1.54) is 44.3 Å². The second-order valence-corrected chi connectivity index (χ2v) is 10.1. The molecule has 218 valence electrons. The average molecular weight is 563 g/mol. The van der Waals surface area contributed by atoms with Gasteiger partial charge in [-0.1, -0.05) is 36.4 Å². The number of esters is 2. The number of carbonyl (C=O) groups is 3. The predicted molar refractivity (Wildman–Crippen MR) is 154 cm³/mol. The third-order valence-corrected chi connectivity index (χ3v) is 7.02. The highest BCUT2D eigenvalue weighted by atomic mass is 16.7. The highest BCUT2D eigenvalue weighted by Crippen LogP contribution is 2.33. The highest BCUT2D eigenvalue weighted by molar-refractivity contribution is 5.98. The van der Waals surface area contributed by atoms with Crippen LogP contribution in [0.4, 0.5) is 0 Å². The quantitative estimate of drug-likeness (QED) is 0.254. The highest BCUT2D eigenvalue weighted by Gasteiger charge is 2.29. The molecule has 1 amide bonds.